The summed E-state index contributed by atoms with van der Waals surface area (Å²) in [5.41, 5.74) is 0. The van der Waals surface area contributed by atoms with Crippen LogP contribution in [0.25, 0.3) is 0 Å². The topological polar surface area (TPSA) is 12.5 Å². The van der Waals surface area contributed by atoms with E-state index >= 15 is 0 Å². The molecule has 0 fully saturated rings. The molecule has 0 radical (unpaired) electrons. The van der Waals surface area contributed by atoms with Crippen molar-refractivity contribution in [2.75, 3.05) is 19.9 Å². The van der Waals surface area contributed by atoms with E-state index in [1.165, 1.54) is 0 Å². The lowest BCUT2D eigenvalue weighted by molar-refractivity contribution is 0.0634. The van der Waals surface area contributed by atoms with Crippen molar-refractivity contribution in [2.24, 2.45) is 0 Å². The Hall–Kier alpha value is -0.760. The van der Waals surface area contributed by atoms with Crippen molar-refractivity contribution in [3.63, 3.8) is 0 Å². The molecular weight excluding hydrogens is 114 g/mol. The summed E-state index contributed by atoms with van der Waals surface area (Å²) in [7, 11) is 0. The first kappa shape index (κ1) is 6.36. The van der Waals surface area contributed by atoms with Crippen LogP contribution in [0.3, 0.4) is 0 Å². The van der Waals surface area contributed by atoms with Crippen molar-refractivity contribution < 1.29 is 4.74 Å². The lowest BCUT2D eigenvalue weighted by Crippen LogP contribution is -2.24. The van der Waals surface area contributed by atoms with Crippen LogP contribution >= 0.6 is 0 Å². The van der Waals surface area contributed by atoms with Crippen molar-refractivity contribution in [2.45, 2.75) is 0 Å². The van der Waals surface area contributed by atoms with Gasteiger partial charge in [-0.15, -0.1) is 6.58 Å². The van der Waals surface area contributed by atoms with E-state index in [1.54, 1.807) is 0 Å². The Morgan fingerprint density at radius 3 is 3.22 bits per heavy atom. The number of nitrogens with zero attached hydrogens (tertiary/aromatic N) is 1. The van der Waals surface area contributed by atoms with Crippen molar-refractivity contribution in [3.05, 3.63) is 24.9 Å². The van der Waals surface area contributed by atoms with Crippen LogP contribution in [0.4, 0.5) is 0 Å². The molecule has 0 aromatic carbocycles. The molecule has 9 heavy (non-hydrogen) atoms. The fraction of sp³-hybridized carbons (Fsp3) is 0.429. The maximum absolute atomic E-state index is 5.13. The predicted molar refractivity (Wildman–Crippen MR) is 36.9 cm³/mol. The molecule has 0 aliphatic carbocycles. The first-order valence-electron chi connectivity index (χ1n) is 3.03. The van der Waals surface area contributed by atoms with Crippen molar-refractivity contribution in [3.8, 4) is 0 Å². The second-order valence-corrected chi connectivity index (χ2v) is 1.94. The maximum atomic E-state index is 5.13. The molecule has 2 nitrogen and oxygen atoms in total. The largest absolute Gasteiger partial charge is 0.357 e. The Morgan fingerprint density at radius 2 is 2.67 bits per heavy atom. The summed E-state index contributed by atoms with van der Waals surface area (Å²) in [5.74, 6) is 0. The fourth-order valence-electron chi connectivity index (χ4n) is 0.753. The van der Waals surface area contributed by atoms with Gasteiger partial charge in [0, 0.05) is 6.54 Å². The normalized spacial score (nSPS) is 18.0. The first-order chi connectivity index (χ1) is 4.43. The molecule has 0 atom stereocenters. The van der Waals surface area contributed by atoms with Crippen LogP contribution in [0.2, 0.25) is 0 Å². The molecule has 0 saturated heterocycles. The highest BCUT2D eigenvalue weighted by molar-refractivity contribution is 4.87. The van der Waals surface area contributed by atoms with Crippen LogP contribution < -0.4 is 0 Å². The molecule has 0 aromatic heterocycles. The monoisotopic (exact) mass is 125 g/mol. The van der Waals surface area contributed by atoms with E-state index in [1.807, 2.05) is 18.4 Å². The van der Waals surface area contributed by atoms with Gasteiger partial charge in [-0.3, -0.25) is 0 Å². The molecular formula is C7H11NO. The molecule has 1 heterocycles. The van der Waals surface area contributed by atoms with Gasteiger partial charge in [-0.05, 0) is 12.3 Å². The van der Waals surface area contributed by atoms with E-state index in [0.717, 1.165) is 13.2 Å². The number of rotatable bonds is 2. The van der Waals surface area contributed by atoms with E-state index in [4.69, 9.17) is 4.74 Å². The van der Waals surface area contributed by atoms with Crippen LogP contribution in [0.15, 0.2) is 24.9 Å². The third-order valence-electron chi connectivity index (χ3n) is 1.15. The van der Waals surface area contributed by atoms with Gasteiger partial charge in [0.2, 0.25) is 0 Å². The Balaban J connectivity index is 2.31. The lowest BCUT2D eigenvalue weighted by Gasteiger charge is -2.21. The molecule has 0 amide bonds. The van der Waals surface area contributed by atoms with Crippen LogP contribution in [-0.4, -0.2) is 24.8 Å². The maximum Gasteiger partial charge on any atom is 0.119 e. The Morgan fingerprint density at radius 1 is 1.78 bits per heavy atom. The molecule has 1 aliphatic rings. The third kappa shape index (κ3) is 1.90. The quantitative estimate of drug-likeness (QED) is 0.510. The van der Waals surface area contributed by atoms with Crippen LogP contribution in [-0.2, 0) is 4.74 Å². The van der Waals surface area contributed by atoms with Crippen LogP contribution in [0.1, 0.15) is 0 Å². The molecule has 2 heteroatoms. The second-order valence-electron chi connectivity index (χ2n) is 1.94. The van der Waals surface area contributed by atoms with Gasteiger partial charge >= 0.3 is 0 Å². The van der Waals surface area contributed by atoms with Gasteiger partial charge in [-0.25, -0.2) is 0 Å². The van der Waals surface area contributed by atoms with Crippen LogP contribution in [0.5, 0.6) is 0 Å². The highest BCUT2D eigenvalue weighted by Crippen LogP contribution is 1.96. The smallest absolute Gasteiger partial charge is 0.119 e. The zero-order valence-electron chi connectivity index (χ0n) is 5.42. The van der Waals surface area contributed by atoms with E-state index in [2.05, 4.69) is 11.5 Å². The van der Waals surface area contributed by atoms with Gasteiger partial charge in [0.15, 0.2) is 0 Å². The minimum atomic E-state index is 0.697. The van der Waals surface area contributed by atoms with Gasteiger partial charge < -0.3 is 9.64 Å². The van der Waals surface area contributed by atoms with Crippen molar-refractivity contribution >= 4 is 0 Å². The Kier molecular flexibility index (Phi) is 2.33. The molecule has 0 unspecified atom stereocenters. The first-order valence-corrected chi connectivity index (χ1v) is 3.03. The number of hydrogen-bond donors (Lipinski definition) is 0. The van der Waals surface area contributed by atoms with Gasteiger partial charge in [-0.1, -0.05) is 6.08 Å². The van der Waals surface area contributed by atoms with Gasteiger partial charge in [0.25, 0.3) is 0 Å². The fourth-order valence-corrected chi connectivity index (χ4v) is 0.753. The molecule has 50 valence electrons. The van der Waals surface area contributed by atoms with Crippen molar-refractivity contribution in [1.82, 2.24) is 4.90 Å². The molecule has 0 spiro atoms. The summed E-state index contributed by atoms with van der Waals surface area (Å²) in [6.07, 6.45) is 5.89. The molecule has 0 bridgehead atoms. The molecule has 1 rings (SSSR count). The summed E-state index contributed by atoms with van der Waals surface area (Å²) in [5, 5.41) is 0. The highest BCUT2D eigenvalue weighted by atomic mass is 16.5. The Labute approximate surface area is 55.4 Å². The predicted octanol–water partition coefficient (Wildman–Crippen LogP) is 0.976. The summed E-state index contributed by atoms with van der Waals surface area (Å²) in [6.45, 7) is 5.94. The van der Waals surface area contributed by atoms with Gasteiger partial charge in [0.1, 0.15) is 6.73 Å². The standard InChI is InChI=1S/C7H11NO/c1-2-4-8-5-3-6-9-7-8/h2-3,5H,1,4,6-7H2. The van der Waals surface area contributed by atoms with Gasteiger partial charge in [0.05, 0.1) is 6.61 Å². The van der Waals surface area contributed by atoms with E-state index in [-0.39, 0.29) is 0 Å². The van der Waals surface area contributed by atoms with E-state index < -0.39 is 0 Å². The van der Waals surface area contributed by atoms with Gasteiger partial charge in [-0.2, -0.15) is 0 Å². The Bertz CT molecular complexity index is 120. The van der Waals surface area contributed by atoms with E-state index in [0.29, 0.717) is 6.73 Å². The highest BCUT2D eigenvalue weighted by Gasteiger charge is 1.98. The third-order valence-corrected chi connectivity index (χ3v) is 1.15. The number of hydrogen-bond acceptors (Lipinski definition) is 2. The molecule has 0 saturated carbocycles. The zero-order valence-corrected chi connectivity index (χ0v) is 5.42. The lowest BCUT2D eigenvalue weighted by atomic mass is 10.5. The molecule has 0 N–H and O–H groups in total. The average Bonchev–Trinajstić information content (AvgIpc) is 1.91. The second kappa shape index (κ2) is 3.30. The molecule has 1 aliphatic heterocycles. The minimum absolute atomic E-state index is 0.697. The average molecular weight is 125 g/mol. The summed E-state index contributed by atoms with van der Waals surface area (Å²) < 4.78 is 5.13. The molecule has 0 aromatic rings. The van der Waals surface area contributed by atoms with Crippen LogP contribution in [0, 0.1) is 0 Å². The summed E-state index contributed by atoms with van der Waals surface area (Å²) in [6, 6.07) is 0. The number of ether oxygens (including phenoxy) is 1. The van der Waals surface area contributed by atoms with E-state index in [9.17, 15) is 0 Å². The summed E-state index contributed by atoms with van der Waals surface area (Å²) >= 11 is 0. The van der Waals surface area contributed by atoms with Crippen molar-refractivity contribution in [1.29, 1.82) is 0 Å². The summed E-state index contributed by atoms with van der Waals surface area (Å²) in [4.78, 5) is 2.05. The minimum Gasteiger partial charge on any atom is -0.357 e. The zero-order chi connectivity index (χ0) is 6.53. The SMILES string of the molecule is C=CCN1C=CCOC1.